The highest BCUT2D eigenvalue weighted by Crippen LogP contribution is 2.56. The van der Waals surface area contributed by atoms with Crippen molar-refractivity contribution in [3.05, 3.63) is 89.4 Å². The van der Waals surface area contributed by atoms with E-state index in [4.69, 9.17) is 0 Å². The molecule has 186 valence electrons. The first-order chi connectivity index (χ1) is 17.3. The zero-order valence-corrected chi connectivity index (χ0v) is 20.8. The first-order valence-corrected chi connectivity index (χ1v) is 12.5. The van der Waals surface area contributed by atoms with Crippen molar-refractivity contribution in [1.29, 1.82) is 0 Å². The normalized spacial score (nSPS) is 18.6. The molecule has 36 heavy (non-hydrogen) atoms. The van der Waals surface area contributed by atoms with E-state index in [-0.39, 0.29) is 17.1 Å². The van der Waals surface area contributed by atoms with Crippen molar-refractivity contribution in [2.75, 3.05) is 18.0 Å². The average molecular weight is 485 g/mol. The number of fused-ring (bicyclic) bond motifs is 1. The van der Waals surface area contributed by atoms with E-state index in [1.54, 1.807) is 24.5 Å². The molecule has 0 saturated carbocycles. The molecule has 1 aliphatic carbocycles. The fourth-order valence-corrected chi connectivity index (χ4v) is 6.09. The van der Waals surface area contributed by atoms with E-state index in [1.165, 1.54) is 11.1 Å². The van der Waals surface area contributed by atoms with Crippen LogP contribution in [0.25, 0.3) is 0 Å². The number of nitrogens with one attached hydrogen (secondary N) is 1. The van der Waals surface area contributed by atoms with Crippen LogP contribution in [0.1, 0.15) is 66.2 Å². The van der Waals surface area contributed by atoms with E-state index < -0.39 is 11.6 Å². The van der Waals surface area contributed by atoms with Crippen LogP contribution in [0.15, 0.2) is 67.0 Å². The van der Waals surface area contributed by atoms with Gasteiger partial charge in [-0.1, -0.05) is 54.6 Å². The van der Waals surface area contributed by atoms with Crippen LogP contribution in [0, 0.1) is 5.41 Å². The number of piperidine rings is 1. The number of amides is 1. The summed E-state index contributed by atoms with van der Waals surface area (Å²) in [4.78, 5) is 35.3. The maximum absolute atomic E-state index is 12.7. The van der Waals surface area contributed by atoms with Crippen molar-refractivity contribution in [3.63, 3.8) is 0 Å². The van der Waals surface area contributed by atoms with Crippen LogP contribution in [-0.4, -0.2) is 45.6 Å². The number of carboxylic acid groups (broad SMARTS) is 1. The maximum Gasteiger partial charge on any atom is 0.405 e. The van der Waals surface area contributed by atoms with Crippen LogP contribution in [0.3, 0.4) is 0 Å². The van der Waals surface area contributed by atoms with Gasteiger partial charge < -0.3 is 15.3 Å². The lowest BCUT2D eigenvalue weighted by atomic mass is 9.66. The van der Waals surface area contributed by atoms with Gasteiger partial charge in [-0.2, -0.15) is 0 Å². The highest BCUT2D eigenvalue weighted by atomic mass is 16.4. The predicted molar refractivity (Wildman–Crippen MR) is 139 cm³/mol. The van der Waals surface area contributed by atoms with Crippen LogP contribution >= 0.6 is 0 Å². The highest BCUT2D eigenvalue weighted by Gasteiger charge is 2.49. The van der Waals surface area contributed by atoms with Gasteiger partial charge in [0.15, 0.2) is 0 Å². The third kappa shape index (κ3) is 4.70. The van der Waals surface area contributed by atoms with Crippen LogP contribution in [-0.2, 0) is 6.42 Å². The van der Waals surface area contributed by atoms with E-state index in [0.29, 0.717) is 11.3 Å². The molecule has 7 nitrogen and oxygen atoms in total. The third-order valence-corrected chi connectivity index (χ3v) is 7.86. The molecular weight excluding hydrogens is 452 g/mol. The fraction of sp³-hybridized carbons (Fsp3) is 0.379. The zero-order valence-electron chi connectivity index (χ0n) is 20.8. The first-order valence-electron chi connectivity index (χ1n) is 12.5. The number of benzene rings is 2. The van der Waals surface area contributed by atoms with Gasteiger partial charge in [0, 0.05) is 24.2 Å². The number of rotatable bonds is 6. The van der Waals surface area contributed by atoms with Crippen LogP contribution in [0.4, 0.5) is 10.6 Å². The number of carbonyl (C=O) groups excluding carboxylic acids is 1. The maximum atomic E-state index is 12.7. The smallest absolute Gasteiger partial charge is 0.405 e. The van der Waals surface area contributed by atoms with E-state index >= 15 is 0 Å². The Hall–Kier alpha value is -3.74. The molecule has 1 aromatic heterocycles. The van der Waals surface area contributed by atoms with E-state index in [9.17, 15) is 14.7 Å². The monoisotopic (exact) mass is 484 g/mol. The van der Waals surface area contributed by atoms with Crippen molar-refractivity contribution in [2.24, 2.45) is 5.41 Å². The number of anilines is 1. The van der Waals surface area contributed by atoms with Gasteiger partial charge in [0.25, 0.3) is 0 Å². The number of ketones is 1. The number of hydrogen-bond donors (Lipinski definition) is 2. The van der Waals surface area contributed by atoms with Gasteiger partial charge in [-0.15, -0.1) is 0 Å². The summed E-state index contributed by atoms with van der Waals surface area (Å²) in [6.45, 7) is 5.63. The molecule has 1 saturated heterocycles. The lowest BCUT2D eigenvalue weighted by molar-refractivity contribution is 0.103. The minimum atomic E-state index is -0.983. The summed E-state index contributed by atoms with van der Waals surface area (Å²) in [6.07, 6.45) is 6.04. The van der Waals surface area contributed by atoms with Gasteiger partial charge in [0.05, 0.1) is 12.4 Å². The molecule has 2 N–H and O–H groups in total. The Bertz CT molecular complexity index is 1250. The molecule has 3 aromatic rings. The SMILES string of the molecule is CC(C)(C[C@@H]1c2ccccc2CC12CCN(c1cnc(C(=O)c3ccccc3)cn1)CC2)NC(=O)O. The Morgan fingerprint density at radius 2 is 1.72 bits per heavy atom. The topological polar surface area (TPSA) is 95.4 Å². The van der Waals surface area contributed by atoms with Crippen molar-refractivity contribution in [1.82, 2.24) is 15.3 Å². The van der Waals surface area contributed by atoms with Crippen molar-refractivity contribution >= 4 is 17.7 Å². The standard InChI is InChI=1S/C29H32N4O3/c1-28(2,32-27(35)36)17-23-22-11-7-6-10-21(22)16-29(23)12-14-33(15-13-29)25-19-30-24(18-31-25)26(34)20-8-4-3-5-9-20/h3-11,18-19,23,32H,12-17H2,1-2H3,(H,35,36)/t23-/m1/s1. The van der Waals surface area contributed by atoms with Gasteiger partial charge in [0.1, 0.15) is 11.5 Å². The number of carbonyl (C=O) groups is 2. The summed E-state index contributed by atoms with van der Waals surface area (Å²) in [6, 6.07) is 17.7. The van der Waals surface area contributed by atoms with E-state index in [2.05, 4.69) is 44.5 Å². The lowest BCUT2D eigenvalue weighted by Gasteiger charge is -2.45. The second kappa shape index (κ2) is 9.37. The molecule has 0 unspecified atom stereocenters. The third-order valence-electron chi connectivity index (χ3n) is 7.86. The Kier molecular flexibility index (Phi) is 6.24. The second-order valence-electron chi connectivity index (χ2n) is 10.8. The number of aromatic nitrogens is 2. The lowest BCUT2D eigenvalue weighted by Crippen LogP contribution is -2.48. The molecule has 1 aliphatic heterocycles. The van der Waals surface area contributed by atoms with Gasteiger partial charge in [-0.25, -0.2) is 14.8 Å². The van der Waals surface area contributed by atoms with E-state index in [0.717, 1.165) is 44.6 Å². The summed E-state index contributed by atoms with van der Waals surface area (Å²) in [5.74, 6) is 0.945. The Morgan fingerprint density at radius 3 is 2.39 bits per heavy atom. The van der Waals surface area contributed by atoms with Crippen molar-refractivity contribution in [3.8, 4) is 0 Å². The minimum absolute atomic E-state index is 0.0916. The molecule has 7 heteroatoms. The summed E-state index contributed by atoms with van der Waals surface area (Å²) in [7, 11) is 0. The van der Waals surface area contributed by atoms with Crippen molar-refractivity contribution < 1.29 is 14.7 Å². The Labute approximate surface area is 211 Å². The molecule has 2 aromatic carbocycles. The van der Waals surface area contributed by atoms with Gasteiger partial charge in [0.2, 0.25) is 5.78 Å². The van der Waals surface area contributed by atoms with Gasteiger partial charge in [-0.3, -0.25) is 4.79 Å². The second-order valence-corrected chi connectivity index (χ2v) is 10.8. The molecule has 0 bridgehead atoms. The predicted octanol–water partition coefficient (Wildman–Crippen LogP) is 5.07. The summed E-state index contributed by atoms with van der Waals surface area (Å²) < 4.78 is 0. The minimum Gasteiger partial charge on any atom is -0.465 e. The molecule has 2 heterocycles. The fourth-order valence-electron chi connectivity index (χ4n) is 6.09. The molecule has 1 spiro atoms. The van der Waals surface area contributed by atoms with Crippen molar-refractivity contribution in [2.45, 2.75) is 51.0 Å². The quantitative estimate of drug-likeness (QED) is 0.474. The van der Waals surface area contributed by atoms with Gasteiger partial charge >= 0.3 is 6.09 Å². The van der Waals surface area contributed by atoms with Crippen LogP contribution in [0.2, 0.25) is 0 Å². The first kappa shape index (κ1) is 24.0. The van der Waals surface area contributed by atoms with Crippen LogP contribution < -0.4 is 10.2 Å². The highest BCUT2D eigenvalue weighted by molar-refractivity contribution is 6.07. The molecule has 2 aliphatic rings. The molecule has 5 rings (SSSR count). The van der Waals surface area contributed by atoms with E-state index in [1.807, 2.05) is 32.0 Å². The number of hydrogen-bond acceptors (Lipinski definition) is 5. The average Bonchev–Trinajstić information content (AvgIpc) is 3.16. The molecular formula is C29H32N4O3. The Balaban J connectivity index is 1.31. The van der Waals surface area contributed by atoms with Gasteiger partial charge in [-0.05, 0) is 62.0 Å². The van der Waals surface area contributed by atoms with Crippen LogP contribution in [0.5, 0.6) is 0 Å². The number of nitrogens with zero attached hydrogens (tertiary/aromatic N) is 3. The largest absolute Gasteiger partial charge is 0.465 e. The summed E-state index contributed by atoms with van der Waals surface area (Å²) in [5.41, 5.74) is 3.25. The molecule has 1 amide bonds. The Morgan fingerprint density at radius 1 is 1.03 bits per heavy atom. The molecule has 0 radical (unpaired) electrons. The molecule has 1 atom stereocenters. The summed E-state index contributed by atoms with van der Waals surface area (Å²) in [5, 5.41) is 12.1. The summed E-state index contributed by atoms with van der Waals surface area (Å²) >= 11 is 0. The molecule has 1 fully saturated rings. The zero-order chi connectivity index (χ0) is 25.3.